The number of fused-ring (bicyclic) bond motifs is 2. The molecule has 1 aromatic heterocycles. The first-order valence-electron chi connectivity index (χ1n) is 13.8. The Morgan fingerprint density at radius 2 is 1.56 bits per heavy atom. The fourth-order valence-corrected chi connectivity index (χ4v) is 5.88. The number of ether oxygens (including phenoxy) is 1. The van der Waals surface area contributed by atoms with Crippen molar-refractivity contribution in [3.63, 3.8) is 0 Å². The smallest absolute Gasteiger partial charge is 0.196 e. The third-order valence-electron chi connectivity index (χ3n) is 8.10. The molecule has 0 unspecified atom stereocenters. The second-order valence-electron chi connectivity index (χ2n) is 10.7. The highest BCUT2D eigenvalue weighted by Gasteiger charge is 2.34. The molecule has 1 fully saturated rings. The number of nitrogens with one attached hydrogen (secondary N) is 1. The molecule has 206 valence electrons. The van der Waals surface area contributed by atoms with Gasteiger partial charge in [-0.3, -0.25) is 4.79 Å². The number of hydrogen-bond acceptors (Lipinski definition) is 8. The number of nitrogens with zero attached hydrogens (tertiary/aromatic N) is 4. The molecule has 4 aromatic carbocycles. The first kappa shape index (κ1) is 25.0. The third kappa shape index (κ3) is 4.23. The summed E-state index contributed by atoms with van der Waals surface area (Å²) >= 11 is 0. The predicted octanol–water partition coefficient (Wildman–Crippen LogP) is 6.18. The van der Waals surface area contributed by atoms with Crippen LogP contribution in [0.25, 0.3) is 22.2 Å². The Morgan fingerprint density at radius 3 is 2.24 bits per heavy atom. The highest BCUT2D eigenvalue weighted by molar-refractivity contribution is 6.28. The summed E-state index contributed by atoms with van der Waals surface area (Å²) in [5.74, 6) is 1.48. The van der Waals surface area contributed by atoms with E-state index < -0.39 is 0 Å². The fourth-order valence-electron chi connectivity index (χ4n) is 5.88. The lowest BCUT2D eigenvalue weighted by Crippen LogP contribution is -2.46. The Balaban J connectivity index is 1.28. The van der Waals surface area contributed by atoms with Crippen molar-refractivity contribution in [1.82, 2.24) is 5.16 Å². The number of carbonyl (C=O) groups is 1. The van der Waals surface area contributed by atoms with Crippen LogP contribution in [0.3, 0.4) is 0 Å². The lowest BCUT2D eigenvalue weighted by Gasteiger charge is -2.37. The summed E-state index contributed by atoms with van der Waals surface area (Å²) in [6.45, 7) is 3.34. The summed E-state index contributed by atoms with van der Waals surface area (Å²) in [4.78, 5) is 20.7. The average Bonchev–Trinajstić information content (AvgIpc) is 3.46. The van der Waals surface area contributed by atoms with E-state index in [9.17, 15) is 4.79 Å². The second-order valence-corrected chi connectivity index (χ2v) is 10.7. The molecule has 0 amide bonds. The van der Waals surface area contributed by atoms with Crippen LogP contribution in [0.4, 0.5) is 28.4 Å². The molecule has 1 saturated heterocycles. The van der Waals surface area contributed by atoms with Gasteiger partial charge in [0.05, 0.1) is 29.4 Å². The SMILES string of the molecule is COc1ccc(N2CCN(c3cc(Nc4ccc(N(C)C)cc4)c4c5c(onc35)-c3ccccc3C4=O)CC2)cc1. The van der Waals surface area contributed by atoms with E-state index >= 15 is 0 Å². The van der Waals surface area contributed by atoms with Crippen molar-refractivity contribution in [2.24, 2.45) is 0 Å². The Labute approximate surface area is 238 Å². The van der Waals surface area contributed by atoms with Gasteiger partial charge in [-0.05, 0) is 54.6 Å². The zero-order chi connectivity index (χ0) is 28.1. The third-order valence-corrected chi connectivity index (χ3v) is 8.10. The molecule has 41 heavy (non-hydrogen) atoms. The maximum atomic E-state index is 13.9. The summed E-state index contributed by atoms with van der Waals surface area (Å²) in [7, 11) is 5.72. The zero-order valence-corrected chi connectivity index (χ0v) is 23.3. The molecular formula is C33H31N5O3. The quantitative estimate of drug-likeness (QED) is 0.266. The van der Waals surface area contributed by atoms with Gasteiger partial charge < -0.3 is 29.3 Å². The molecule has 0 saturated carbocycles. The van der Waals surface area contributed by atoms with Crippen LogP contribution in [-0.4, -0.2) is 58.3 Å². The molecule has 0 bridgehead atoms. The van der Waals surface area contributed by atoms with E-state index in [-0.39, 0.29) is 5.78 Å². The normalized spacial score (nSPS) is 14.3. The van der Waals surface area contributed by atoms with Gasteiger partial charge in [0.25, 0.3) is 0 Å². The molecule has 7 rings (SSSR count). The van der Waals surface area contributed by atoms with Crippen LogP contribution in [0.15, 0.2) is 83.4 Å². The van der Waals surface area contributed by atoms with Gasteiger partial charge in [-0.2, -0.15) is 0 Å². The number of benzene rings is 4. The molecule has 1 aliphatic heterocycles. The molecule has 8 heteroatoms. The van der Waals surface area contributed by atoms with Crippen molar-refractivity contribution in [3.8, 4) is 17.1 Å². The van der Waals surface area contributed by atoms with Crippen LogP contribution in [0, 0.1) is 0 Å². The highest BCUT2D eigenvalue weighted by Crippen LogP contribution is 2.46. The summed E-state index contributed by atoms with van der Waals surface area (Å²) in [5, 5.41) is 8.88. The van der Waals surface area contributed by atoms with Crippen molar-refractivity contribution < 1.29 is 14.1 Å². The first-order chi connectivity index (χ1) is 20.0. The molecule has 0 atom stereocenters. The molecule has 5 aromatic rings. The van der Waals surface area contributed by atoms with Crippen molar-refractivity contribution in [2.75, 3.05) is 67.4 Å². The number of rotatable bonds is 6. The van der Waals surface area contributed by atoms with Crippen molar-refractivity contribution >= 4 is 45.1 Å². The number of ketones is 1. The minimum Gasteiger partial charge on any atom is -0.497 e. The predicted molar refractivity (Wildman–Crippen MR) is 164 cm³/mol. The molecule has 0 spiro atoms. The number of anilines is 5. The Hall–Kier alpha value is -4.98. The standard InChI is InChI=1S/C33H31N5O3/c1-36(2)22-10-8-21(9-11-22)34-27-20-28(38-18-16-37(17-19-38)23-12-14-24(40-3)15-13-23)31-30-29(27)32(39)25-6-4-5-7-26(25)33(30)41-35-31/h4-15,20,34H,16-19H2,1-3H3. The highest BCUT2D eigenvalue weighted by atomic mass is 16.5. The number of carbonyl (C=O) groups excluding carboxylic acids is 1. The van der Waals surface area contributed by atoms with Gasteiger partial charge in [0.1, 0.15) is 11.3 Å². The molecular weight excluding hydrogens is 514 g/mol. The van der Waals surface area contributed by atoms with Crippen molar-refractivity contribution in [1.29, 1.82) is 0 Å². The Kier molecular flexibility index (Phi) is 6.03. The number of aromatic nitrogens is 1. The maximum Gasteiger partial charge on any atom is 0.196 e. The number of methoxy groups -OCH3 is 1. The molecule has 2 aliphatic rings. The average molecular weight is 546 g/mol. The monoisotopic (exact) mass is 545 g/mol. The molecule has 1 aliphatic carbocycles. The zero-order valence-electron chi connectivity index (χ0n) is 23.3. The molecule has 1 N–H and O–H groups in total. The van der Waals surface area contributed by atoms with Crippen LogP contribution in [-0.2, 0) is 0 Å². The van der Waals surface area contributed by atoms with Crippen LogP contribution in [0.1, 0.15) is 15.9 Å². The topological polar surface area (TPSA) is 74.1 Å². The Morgan fingerprint density at radius 1 is 0.878 bits per heavy atom. The van der Waals surface area contributed by atoms with E-state index in [0.717, 1.165) is 71.1 Å². The van der Waals surface area contributed by atoms with E-state index in [1.54, 1.807) is 7.11 Å². The number of piperazine rings is 1. The van der Waals surface area contributed by atoms with E-state index in [1.807, 2.05) is 62.6 Å². The minimum absolute atomic E-state index is 0.0235. The Bertz CT molecular complexity index is 1750. The van der Waals surface area contributed by atoms with E-state index in [0.29, 0.717) is 16.9 Å². The van der Waals surface area contributed by atoms with Gasteiger partial charge in [-0.1, -0.05) is 29.4 Å². The van der Waals surface area contributed by atoms with Crippen LogP contribution < -0.4 is 24.8 Å². The van der Waals surface area contributed by atoms with Crippen LogP contribution in [0.2, 0.25) is 0 Å². The van der Waals surface area contributed by atoms with Crippen LogP contribution in [0.5, 0.6) is 5.75 Å². The van der Waals surface area contributed by atoms with Gasteiger partial charge in [0.15, 0.2) is 11.5 Å². The minimum atomic E-state index is -0.0235. The summed E-state index contributed by atoms with van der Waals surface area (Å²) in [6.07, 6.45) is 0. The van der Waals surface area contributed by atoms with Gasteiger partial charge in [-0.25, -0.2) is 0 Å². The van der Waals surface area contributed by atoms with Gasteiger partial charge in [0, 0.05) is 68.5 Å². The van der Waals surface area contributed by atoms with E-state index in [1.165, 1.54) is 5.69 Å². The summed E-state index contributed by atoms with van der Waals surface area (Å²) in [5.41, 5.74) is 7.66. The lowest BCUT2D eigenvalue weighted by atomic mass is 9.86. The second kappa shape index (κ2) is 9.89. The summed E-state index contributed by atoms with van der Waals surface area (Å²) in [6, 6.07) is 26.1. The molecule has 8 nitrogen and oxygen atoms in total. The fraction of sp³-hybridized carbons (Fsp3) is 0.212. The number of hydrogen-bond donors (Lipinski definition) is 1. The van der Waals surface area contributed by atoms with Crippen LogP contribution >= 0.6 is 0 Å². The van der Waals surface area contributed by atoms with Crippen molar-refractivity contribution in [3.05, 3.63) is 90.0 Å². The molecule has 0 radical (unpaired) electrons. The van der Waals surface area contributed by atoms with Gasteiger partial charge >= 0.3 is 0 Å². The van der Waals surface area contributed by atoms with Gasteiger partial charge in [0.2, 0.25) is 0 Å². The van der Waals surface area contributed by atoms with E-state index in [4.69, 9.17) is 9.26 Å². The maximum absolute atomic E-state index is 13.9. The van der Waals surface area contributed by atoms with Crippen molar-refractivity contribution in [2.45, 2.75) is 0 Å². The lowest BCUT2D eigenvalue weighted by molar-refractivity contribution is 0.104. The largest absolute Gasteiger partial charge is 0.497 e. The first-order valence-corrected chi connectivity index (χ1v) is 13.8. The molecule has 2 heterocycles. The van der Waals surface area contributed by atoms with E-state index in [2.05, 4.69) is 55.5 Å². The van der Waals surface area contributed by atoms with Gasteiger partial charge in [-0.15, -0.1) is 0 Å². The summed E-state index contributed by atoms with van der Waals surface area (Å²) < 4.78 is 11.3.